The number of phenolic OH excluding ortho intramolecular Hbond substituents is 1. The first-order valence-electron chi connectivity index (χ1n) is 8.30. The first-order valence-corrected chi connectivity index (χ1v) is 8.30. The second kappa shape index (κ2) is 6.97. The van der Waals surface area contributed by atoms with E-state index in [9.17, 15) is 10.2 Å². The van der Waals surface area contributed by atoms with Crippen LogP contribution in [0.5, 0.6) is 5.75 Å². The van der Waals surface area contributed by atoms with Crippen molar-refractivity contribution in [3.63, 3.8) is 0 Å². The number of fused-ring (bicyclic) bond motifs is 1. The molecule has 2 aromatic rings. The van der Waals surface area contributed by atoms with Crippen molar-refractivity contribution in [2.75, 3.05) is 0 Å². The average Bonchev–Trinajstić information content (AvgIpc) is 2.88. The monoisotopic (exact) mass is 309 g/mol. The summed E-state index contributed by atoms with van der Waals surface area (Å²) in [4.78, 5) is 4.56. The van der Waals surface area contributed by atoms with Gasteiger partial charge in [-0.1, -0.05) is 49.7 Å². The summed E-state index contributed by atoms with van der Waals surface area (Å²) in [7, 11) is 0. The average molecular weight is 309 g/mol. The van der Waals surface area contributed by atoms with Crippen molar-refractivity contribution >= 4 is 6.21 Å². The molecule has 0 radical (unpaired) electrons. The third-order valence-corrected chi connectivity index (χ3v) is 4.49. The normalized spacial score (nSPS) is 20.1. The second-order valence-electron chi connectivity index (χ2n) is 6.15. The Bertz CT molecular complexity index is 709. The Hall–Kier alpha value is -2.13. The molecule has 0 aromatic heterocycles. The van der Waals surface area contributed by atoms with Gasteiger partial charge in [0.2, 0.25) is 0 Å². The van der Waals surface area contributed by atoms with Gasteiger partial charge in [0.25, 0.3) is 0 Å². The van der Waals surface area contributed by atoms with E-state index in [-0.39, 0.29) is 6.04 Å². The molecule has 0 bridgehead atoms. The van der Waals surface area contributed by atoms with E-state index >= 15 is 0 Å². The predicted octanol–water partition coefficient (Wildman–Crippen LogP) is 3.81. The van der Waals surface area contributed by atoms with E-state index in [0.29, 0.717) is 12.2 Å². The third-order valence-electron chi connectivity index (χ3n) is 4.49. The van der Waals surface area contributed by atoms with E-state index in [1.165, 1.54) is 0 Å². The van der Waals surface area contributed by atoms with Gasteiger partial charge in [0.15, 0.2) is 0 Å². The number of unbranched alkanes of at least 4 members (excludes halogenated alkanes) is 1. The Morgan fingerprint density at radius 2 is 2.00 bits per heavy atom. The number of phenols is 1. The standard InChI is InChI=1S/C20H23NO2/c1-2-3-7-14-9-6-10-16(20(14)23)13-21-19-17-11-5-4-8-15(17)12-18(19)22/h4-6,8-11,13,18-19,22-23H,2-3,7,12H2,1H3/t18-,19+/m1/s1. The molecule has 0 spiro atoms. The van der Waals surface area contributed by atoms with Gasteiger partial charge < -0.3 is 10.2 Å². The largest absolute Gasteiger partial charge is 0.507 e. The van der Waals surface area contributed by atoms with Crippen LogP contribution in [-0.2, 0) is 12.8 Å². The van der Waals surface area contributed by atoms with E-state index in [2.05, 4.69) is 11.9 Å². The Balaban J connectivity index is 1.83. The maximum atomic E-state index is 10.4. The van der Waals surface area contributed by atoms with Crippen LogP contribution in [0.4, 0.5) is 0 Å². The van der Waals surface area contributed by atoms with Crippen molar-refractivity contribution in [2.24, 2.45) is 4.99 Å². The number of rotatable bonds is 5. The maximum absolute atomic E-state index is 10.4. The highest BCUT2D eigenvalue weighted by atomic mass is 16.3. The SMILES string of the molecule is CCCCc1cccc(C=N[C@H]2c3ccccc3C[C@H]2O)c1O. The van der Waals surface area contributed by atoms with Gasteiger partial charge in [0.1, 0.15) is 11.8 Å². The lowest BCUT2D eigenvalue weighted by Crippen LogP contribution is -2.11. The highest BCUT2D eigenvalue weighted by Crippen LogP contribution is 2.34. The zero-order chi connectivity index (χ0) is 16.2. The van der Waals surface area contributed by atoms with E-state index in [4.69, 9.17) is 0 Å². The van der Waals surface area contributed by atoms with Crippen LogP contribution in [0.3, 0.4) is 0 Å². The third kappa shape index (κ3) is 3.30. The molecule has 23 heavy (non-hydrogen) atoms. The zero-order valence-electron chi connectivity index (χ0n) is 13.4. The molecule has 2 N–H and O–H groups in total. The maximum Gasteiger partial charge on any atom is 0.127 e. The number of aliphatic imine (C=N–C) groups is 1. The van der Waals surface area contributed by atoms with E-state index in [1.54, 1.807) is 6.21 Å². The molecule has 0 saturated heterocycles. The van der Waals surface area contributed by atoms with Gasteiger partial charge in [-0.25, -0.2) is 0 Å². The van der Waals surface area contributed by atoms with Crippen LogP contribution in [0.15, 0.2) is 47.5 Å². The van der Waals surface area contributed by atoms with Crippen LogP contribution in [0.25, 0.3) is 0 Å². The summed E-state index contributed by atoms with van der Waals surface area (Å²) in [5, 5.41) is 20.6. The summed E-state index contributed by atoms with van der Waals surface area (Å²) in [6, 6.07) is 13.5. The molecule has 3 nitrogen and oxygen atoms in total. The quantitative estimate of drug-likeness (QED) is 0.825. The highest BCUT2D eigenvalue weighted by molar-refractivity contribution is 5.84. The van der Waals surface area contributed by atoms with Crippen molar-refractivity contribution in [3.05, 3.63) is 64.7 Å². The molecule has 0 saturated carbocycles. The van der Waals surface area contributed by atoms with Gasteiger partial charge >= 0.3 is 0 Å². The molecule has 2 aromatic carbocycles. The van der Waals surface area contributed by atoms with Gasteiger partial charge in [-0.2, -0.15) is 0 Å². The molecule has 0 aliphatic heterocycles. The number of para-hydroxylation sites is 1. The number of aromatic hydroxyl groups is 1. The number of nitrogens with zero attached hydrogens (tertiary/aromatic N) is 1. The molecule has 120 valence electrons. The molecule has 0 fully saturated rings. The lowest BCUT2D eigenvalue weighted by Gasteiger charge is -2.11. The zero-order valence-corrected chi connectivity index (χ0v) is 13.4. The Labute approximate surface area is 137 Å². The minimum absolute atomic E-state index is 0.245. The smallest absolute Gasteiger partial charge is 0.127 e. The minimum Gasteiger partial charge on any atom is -0.507 e. The van der Waals surface area contributed by atoms with Crippen LogP contribution in [0.1, 0.15) is 48.1 Å². The van der Waals surface area contributed by atoms with Crippen LogP contribution in [0.2, 0.25) is 0 Å². The van der Waals surface area contributed by atoms with Gasteiger partial charge in [-0.15, -0.1) is 0 Å². The van der Waals surface area contributed by atoms with Gasteiger partial charge in [-0.3, -0.25) is 4.99 Å². The van der Waals surface area contributed by atoms with Crippen LogP contribution < -0.4 is 0 Å². The first kappa shape index (κ1) is 15.8. The number of hydrogen-bond donors (Lipinski definition) is 2. The lowest BCUT2D eigenvalue weighted by molar-refractivity contribution is 0.159. The van der Waals surface area contributed by atoms with Crippen LogP contribution in [0, 0.1) is 0 Å². The predicted molar refractivity (Wildman–Crippen MR) is 93.2 cm³/mol. The van der Waals surface area contributed by atoms with Gasteiger partial charge in [-0.05, 0) is 35.6 Å². The van der Waals surface area contributed by atoms with Gasteiger partial charge in [0, 0.05) is 18.2 Å². The second-order valence-corrected chi connectivity index (χ2v) is 6.15. The summed E-state index contributed by atoms with van der Waals surface area (Å²) in [5.74, 6) is 0.311. The molecule has 0 amide bonds. The molecular formula is C20H23NO2. The van der Waals surface area contributed by atoms with E-state index in [0.717, 1.165) is 41.5 Å². The summed E-state index contributed by atoms with van der Waals surface area (Å²) in [6.45, 7) is 2.14. The van der Waals surface area contributed by atoms with E-state index < -0.39 is 6.10 Å². The topological polar surface area (TPSA) is 52.8 Å². The molecular weight excluding hydrogens is 286 g/mol. The molecule has 0 heterocycles. The summed E-state index contributed by atoms with van der Waals surface area (Å²) < 4.78 is 0. The Kier molecular flexibility index (Phi) is 4.77. The summed E-state index contributed by atoms with van der Waals surface area (Å²) in [6.07, 6.45) is 4.88. The molecule has 2 atom stereocenters. The van der Waals surface area contributed by atoms with Crippen molar-refractivity contribution in [2.45, 2.75) is 44.8 Å². The van der Waals surface area contributed by atoms with Crippen LogP contribution >= 0.6 is 0 Å². The van der Waals surface area contributed by atoms with Crippen LogP contribution in [-0.4, -0.2) is 22.5 Å². The highest BCUT2D eigenvalue weighted by Gasteiger charge is 2.29. The molecule has 1 aliphatic rings. The van der Waals surface area contributed by atoms with E-state index in [1.807, 2.05) is 42.5 Å². The summed E-state index contributed by atoms with van der Waals surface area (Å²) >= 11 is 0. The van der Waals surface area contributed by atoms with Gasteiger partial charge in [0.05, 0.1) is 6.10 Å². The molecule has 1 aliphatic carbocycles. The molecule has 0 unspecified atom stereocenters. The minimum atomic E-state index is -0.492. The first-order chi connectivity index (χ1) is 11.2. The number of aryl methyl sites for hydroxylation is 1. The Morgan fingerprint density at radius 3 is 2.83 bits per heavy atom. The van der Waals surface area contributed by atoms with Crippen molar-refractivity contribution < 1.29 is 10.2 Å². The summed E-state index contributed by atoms with van der Waals surface area (Å²) in [5.41, 5.74) is 3.92. The number of hydrogen-bond acceptors (Lipinski definition) is 3. The van der Waals surface area contributed by atoms with Crippen molar-refractivity contribution in [1.82, 2.24) is 0 Å². The fraction of sp³-hybridized carbons (Fsp3) is 0.350. The number of benzene rings is 2. The van der Waals surface area contributed by atoms with Crippen molar-refractivity contribution in [3.8, 4) is 5.75 Å². The number of aliphatic hydroxyl groups is 1. The Morgan fingerprint density at radius 1 is 1.17 bits per heavy atom. The molecule has 3 heteroatoms. The lowest BCUT2D eigenvalue weighted by atomic mass is 10.0. The fourth-order valence-corrected chi connectivity index (χ4v) is 3.18. The fourth-order valence-electron chi connectivity index (χ4n) is 3.18. The molecule has 3 rings (SSSR count). The number of aliphatic hydroxyl groups excluding tert-OH is 1. The van der Waals surface area contributed by atoms with Crippen molar-refractivity contribution in [1.29, 1.82) is 0 Å².